The van der Waals surface area contributed by atoms with Crippen LogP contribution in [0.5, 0.6) is 0 Å². The van der Waals surface area contributed by atoms with Crippen molar-refractivity contribution < 1.29 is 4.79 Å². The zero-order valence-corrected chi connectivity index (χ0v) is 11.2. The van der Waals surface area contributed by atoms with Crippen molar-refractivity contribution in [1.82, 2.24) is 19.9 Å². The molecular formula is C13H18N4O. The lowest BCUT2D eigenvalue weighted by molar-refractivity contribution is 0.0947. The fourth-order valence-corrected chi connectivity index (χ4v) is 1.78. The topological polar surface area (TPSA) is 59.3 Å². The van der Waals surface area contributed by atoms with Crippen LogP contribution in [0.1, 0.15) is 35.6 Å². The van der Waals surface area contributed by atoms with Crippen molar-refractivity contribution in [2.75, 3.05) is 6.54 Å². The van der Waals surface area contributed by atoms with Gasteiger partial charge < -0.3 is 5.32 Å². The molecule has 0 unspecified atom stereocenters. The Morgan fingerprint density at radius 2 is 2.17 bits per heavy atom. The molecule has 0 bridgehead atoms. The number of carbonyl (C=O) groups is 1. The molecular weight excluding hydrogens is 228 g/mol. The van der Waals surface area contributed by atoms with Crippen molar-refractivity contribution in [2.24, 2.45) is 5.92 Å². The first-order valence-electron chi connectivity index (χ1n) is 6.09. The van der Waals surface area contributed by atoms with Gasteiger partial charge in [-0.2, -0.15) is 5.10 Å². The molecule has 2 rings (SSSR count). The second kappa shape index (κ2) is 4.76. The second-order valence-corrected chi connectivity index (χ2v) is 4.92. The molecule has 1 amide bonds. The average Bonchev–Trinajstić information content (AvgIpc) is 2.68. The number of fused-ring (bicyclic) bond motifs is 1. The molecule has 0 saturated heterocycles. The van der Waals surface area contributed by atoms with Gasteiger partial charge in [0, 0.05) is 18.8 Å². The highest BCUT2D eigenvalue weighted by Gasteiger charge is 2.13. The SMILES string of the molecule is Cc1cc2ncc(C(=O)NCC(C)C)c(C)n2n1. The molecule has 0 aromatic carbocycles. The van der Waals surface area contributed by atoms with Crippen LogP contribution in [-0.2, 0) is 0 Å². The van der Waals surface area contributed by atoms with Crippen LogP contribution in [0.25, 0.3) is 5.65 Å². The first-order chi connectivity index (χ1) is 8.49. The predicted molar refractivity (Wildman–Crippen MR) is 69.6 cm³/mol. The fraction of sp³-hybridized carbons (Fsp3) is 0.462. The van der Waals surface area contributed by atoms with Crippen LogP contribution in [0.2, 0.25) is 0 Å². The van der Waals surface area contributed by atoms with E-state index in [9.17, 15) is 4.79 Å². The maximum Gasteiger partial charge on any atom is 0.254 e. The smallest absolute Gasteiger partial charge is 0.254 e. The van der Waals surface area contributed by atoms with Gasteiger partial charge >= 0.3 is 0 Å². The monoisotopic (exact) mass is 246 g/mol. The molecule has 0 spiro atoms. The van der Waals surface area contributed by atoms with E-state index in [0.717, 1.165) is 17.0 Å². The summed E-state index contributed by atoms with van der Waals surface area (Å²) >= 11 is 0. The van der Waals surface area contributed by atoms with Crippen molar-refractivity contribution in [3.8, 4) is 0 Å². The number of aryl methyl sites for hydroxylation is 2. The summed E-state index contributed by atoms with van der Waals surface area (Å²) < 4.78 is 1.71. The molecule has 96 valence electrons. The fourth-order valence-electron chi connectivity index (χ4n) is 1.78. The first-order valence-corrected chi connectivity index (χ1v) is 6.09. The molecule has 5 heteroatoms. The van der Waals surface area contributed by atoms with Gasteiger partial charge in [-0.25, -0.2) is 9.50 Å². The van der Waals surface area contributed by atoms with Gasteiger partial charge in [0.25, 0.3) is 5.91 Å². The third-order valence-electron chi connectivity index (χ3n) is 2.76. The number of carbonyl (C=O) groups excluding carboxylic acids is 1. The number of rotatable bonds is 3. The average molecular weight is 246 g/mol. The summed E-state index contributed by atoms with van der Waals surface area (Å²) in [5.74, 6) is 0.335. The predicted octanol–water partition coefficient (Wildman–Crippen LogP) is 1.73. The van der Waals surface area contributed by atoms with E-state index in [1.54, 1.807) is 10.7 Å². The van der Waals surface area contributed by atoms with Crippen molar-refractivity contribution in [3.05, 3.63) is 29.2 Å². The molecule has 5 nitrogen and oxygen atoms in total. The minimum absolute atomic E-state index is 0.0937. The van der Waals surface area contributed by atoms with E-state index in [0.29, 0.717) is 18.0 Å². The van der Waals surface area contributed by atoms with E-state index < -0.39 is 0 Å². The molecule has 1 N–H and O–H groups in total. The van der Waals surface area contributed by atoms with Crippen molar-refractivity contribution in [2.45, 2.75) is 27.7 Å². The Bertz CT molecular complexity index is 586. The molecule has 0 aliphatic carbocycles. The molecule has 18 heavy (non-hydrogen) atoms. The van der Waals surface area contributed by atoms with Crippen molar-refractivity contribution in [3.63, 3.8) is 0 Å². The lowest BCUT2D eigenvalue weighted by Gasteiger charge is -2.09. The highest BCUT2D eigenvalue weighted by molar-refractivity contribution is 5.95. The quantitative estimate of drug-likeness (QED) is 0.897. The van der Waals surface area contributed by atoms with Crippen molar-refractivity contribution >= 4 is 11.6 Å². The molecule has 0 fully saturated rings. The number of aromatic nitrogens is 3. The van der Waals surface area contributed by atoms with E-state index in [4.69, 9.17) is 0 Å². The molecule has 0 aliphatic rings. The van der Waals surface area contributed by atoms with Gasteiger partial charge in [-0.3, -0.25) is 4.79 Å². The van der Waals surface area contributed by atoms with E-state index >= 15 is 0 Å². The van der Waals surface area contributed by atoms with Gasteiger partial charge in [-0.05, 0) is 19.8 Å². The Balaban J connectivity index is 2.33. The number of hydrogen-bond donors (Lipinski definition) is 1. The summed E-state index contributed by atoms with van der Waals surface area (Å²) in [6.45, 7) is 8.57. The summed E-state index contributed by atoms with van der Waals surface area (Å²) in [6.07, 6.45) is 1.61. The van der Waals surface area contributed by atoms with Gasteiger partial charge in [-0.15, -0.1) is 0 Å². The summed E-state index contributed by atoms with van der Waals surface area (Å²) in [5, 5.41) is 7.22. The molecule has 2 aromatic heterocycles. The Hall–Kier alpha value is -1.91. The lowest BCUT2D eigenvalue weighted by atomic mass is 10.2. The normalized spacial score (nSPS) is 11.2. The summed E-state index contributed by atoms with van der Waals surface area (Å²) in [6, 6.07) is 1.89. The van der Waals surface area contributed by atoms with Crippen LogP contribution < -0.4 is 5.32 Å². The summed E-state index contributed by atoms with van der Waals surface area (Å²) in [4.78, 5) is 16.3. The molecule has 0 aliphatic heterocycles. The minimum Gasteiger partial charge on any atom is -0.352 e. The van der Waals surface area contributed by atoms with E-state index in [1.165, 1.54) is 0 Å². The van der Waals surface area contributed by atoms with Crippen LogP contribution in [0, 0.1) is 19.8 Å². The Labute approximate surface area is 106 Å². The van der Waals surface area contributed by atoms with Crippen LogP contribution in [0.3, 0.4) is 0 Å². The number of nitrogens with one attached hydrogen (secondary N) is 1. The number of nitrogens with zero attached hydrogens (tertiary/aromatic N) is 3. The number of amides is 1. The van der Waals surface area contributed by atoms with Crippen molar-refractivity contribution in [1.29, 1.82) is 0 Å². The van der Waals surface area contributed by atoms with Gasteiger partial charge in [0.1, 0.15) is 0 Å². The number of hydrogen-bond acceptors (Lipinski definition) is 3. The zero-order chi connectivity index (χ0) is 13.3. The summed E-state index contributed by atoms with van der Waals surface area (Å²) in [5.41, 5.74) is 3.05. The van der Waals surface area contributed by atoms with Crippen LogP contribution in [0.4, 0.5) is 0 Å². The Kier molecular flexibility index (Phi) is 3.32. The third kappa shape index (κ3) is 2.34. The Morgan fingerprint density at radius 3 is 2.83 bits per heavy atom. The maximum absolute atomic E-state index is 12.0. The van der Waals surface area contributed by atoms with Crippen LogP contribution >= 0.6 is 0 Å². The van der Waals surface area contributed by atoms with Crippen LogP contribution in [0.15, 0.2) is 12.3 Å². The van der Waals surface area contributed by atoms with E-state index in [-0.39, 0.29) is 5.91 Å². The van der Waals surface area contributed by atoms with Gasteiger partial charge in [0.05, 0.1) is 17.0 Å². The van der Waals surface area contributed by atoms with Gasteiger partial charge in [0.2, 0.25) is 0 Å². The van der Waals surface area contributed by atoms with Gasteiger partial charge in [0.15, 0.2) is 5.65 Å². The minimum atomic E-state index is -0.0937. The second-order valence-electron chi connectivity index (χ2n) is 4.92. The van der Waals surface area contributed by atoms with Gasteiger partial charge in [-0.1, -0.05) is 13.8 Å². The summed E-state index contributed by atoms with van der Waals surface area (Å²) in [7, 11) is 0. The zero-order valence-electron chi connectivity index (χ0n) is 11.2. The Morgan fingerprint density at radius 1 is 1.44 bits per heavy atom. The molecule has 2 heterocycles. The largest absolute Gasteiger partial charge is 0.352 e. The molecule has 0 radical (unpaired) electrons. The first kappa shape index (κ1) is 12.5. The molecule has 0 saturated carbocycles. The van der Waals surface area contributed by atoms with E-state index in [2.05, 4.69) is 29.2 Å². The molecule has 0 atom stereocenters. The van der Waals surface area contributed by atoms with Crippen LogP contribution in [-0.4, -0.2) is 27.0 Å². The highest BCUT2D eigenvalue weighted by Crippen LogP contribution is 2.10. The third-order valence-corrected chi connectivity index (χ3v) is 2.76. The highest BCUT2D eigenvalue weighted by atomic mass is 16.1. The maximum atomic E-state index is 12.0. The lowest BCUT2D eigenvalue weighted by Crippen LogP contribution is -2.28. The van der Waals surface area contributed by atoms with E-state index in [1.807, 2.05) is 19.9 Å². The standard InChI is InChI=1S/C13H18N4O/c1-8(2)6-15-13(18)11-7-14-12-5-9(3)16-17(12)10(11)4/h5,7-8H,6H2,1-4H3,(H,15,18). The molecule has 2 aromatic rings.